The van der Waals surface area contributed by atoms with Crippen molar-refractivity contribution in [2.45, 2.75) is 39.3 Å². The number of fused-ring (bicyclic) bond motifs is 1. The van der Waals surface area contributed by atoms with Crippen molar-refractivity contribution in [1.29, 1.82) is 0 Å². The zero-order chi connectivity index (χ0) is 24.2. The molecular weight excluding hydrogens is 451 g/mol. The first-order chi connectivity index (χ1) is 16.4. The number of nitrogens with zero attached hydrogens (tertiary/aromatic N) is 2. The summed E-state index contributed by atoms with van der Waals surface area (Å²) in [5.74, 6) is -0.456. The number of carbonyl (C=O) groups is 2. The quantitative estimate of drug-likeness (QED) is 0.464. The van der Waals surface area contributed by atoms with Crippen LogP contribution in [0.1, 0.15) is 46.3 Å². The highest BCUT2D eigenvalue weighted by Gasteiger charge is 2.34. The highest BCUT2D eigenvalue weighted by Crippen LogP contribution is 2.34. The average molecular weight is 481 g/mol. The molecule has 178 valence electrons. The van der Waals surface area contributed by atoms with Crippen molar-refractivity contribution in [3.05, 3.63) is 87.4 Å². The molecule has 7 heteroatoms. The van der Waals surface area contributed by atoms with E-state index in [2.05, 4.69) is 6.07 Å². The van der Waals surface area contributed by atoms with Crippen LogP contribution in [0.25, 0.3) is 0 Å². The molecule has 2 aromatic carbocycles. The summed E-state index contributed by atoms with van der Waals surface area (Å²) in [7, 11) is 0. The van der Waals surface area contributed by atoms with Crippen molar-refractivity contribution in [1.82, 2.24) is 9.80 Å². The Labute approximate surface area is 203 Å². The summed E-state index contributed by atoms with van der Waals surface area (Å²) in [4.78, 5) is 31.1. The van der Waals surface area contributed by atoms with Crippen LogP contribution in [0.2, 0.25) is 0 Å². The molecule has 0 aliphatic carbocycles. The largest absolute Gasteiger partial charge is 0.491 e. The predicted molar refractivity (Wildman–Crippen MR) is 132 cm³/mol. The SMILES string of the molecule is Cc1ccccc1OC[C@H]1c2ccsc2CCN1C(=O)CN(C(=O)c1ccccc1F)C(C)C. The standard InChI is InChI=1S/C27H29FN2O3S/c1-18(2)30(27(32)20-9-5-6-10-22(20)28)16-26(31)29-14-12-25-21(13-15-34-25)23(29)17-33-24-11-7-4-8-19(24)3/h4-11,13,15,18,23H,12,14,16-17H2,1-3H3/t23-/m0/s1. The third kappa shape index (κ3) is 4.99. The van der Waals surface area contributed by atoms with Gasteiger partial charge in [0.1, 0.15) is 24.7 Å². The molecule has 34 heavy (non-hydrogen) atoms. The van der Waals surface area contributed by atoms with Gasteiger partial charge in [0.15, 0.2) is 0 Å². The van der Waals surface area contributed by atoms with Gasteiger partial charge < -0.3 is 14.5 Å². The van der Waals surface area contributed by atoms with Gasteiger partial charge in [-0.15, -0.1) is 11.3 Å². The van der Waals surface area contributed by atoms with Crippen LogP contribution in [0.5, 0.6) is 5.75 Å². The number of ether oxygens (including phenoxy) is 1. The van der Waals surface area contributed by atoms with E-state index in [1.165, 1.54) is 21.9 Å². The number of amides is 2. The first-order valence-corrected chi connectivity index (χ1v) is 12.3. The molecular formula is C27H29FN2O3S. The summed E-state index contributed by atoms with van der Waals surface area (Å²) >= 11 is 1.69. The van der Waals surface area contributed by atoms with Gasteiger partial charge in [-0.2, -0.15) is 0 Å². The molecule has 0 N–H and O–H groups in total. The minimum atomic E-state index is -0.587. The minimum Gasteiger partial charge on any atom is -0.491 e. The van der Waals surface area contributed by atoms with Gasteiger partial charge >= 0.3 is 0 Å². The lowest BCUT2D eigenvalue weighted by Crippen LogP contribution is -2.49. The number of aryl methyl sites for hydroxylation is 1. The van der Waals surface area contributed by atoms with Gasteiger partial charge in [-0.05, 0) is 68.0 Å². The van der Waals surface area contributed by atoms with E-state index in [1.54, 1.807) is 28.4 Å². The van der Waals surface area contributed by atoms with Crippen LogP contribution < -0.4 is 4.74 Å². The average Bonchev–Trinajstić information content (AvgIpc) is 3.30. The fourth-order valence-electron chi connectivity index (χ4n) is 4.28. The van der Waals surface area contributed by atoms with Crippen molar-refractivity contribution in [2.75, 3.05) is 19.7 Å². The normalized spacial score (nSPS) is 15.2. The third-order valence-electron chi connectivity index (χ3n) is 6.20. The van der Waals surface area contributed by atoms with Crippen molar-refractivity contribution in [2.24, 2.45) is 0 Å². The Morgan fingerprint density at radius 3 is 2.62 bits per heavy atom. The molecule has 1 aliphatic heterocycles. The van der Waals surface area contributed by atoms with E-state index in [9.17, 15) is 14.0 Å². The van der Waals surface area contributed by atoms with Gasteiger partial charge in [0, 0.05) is 17.5 Å². The maximum absolute atomic E-state index is 14.3. The number of rotatable bonds is 7. The number of halogens is 1. The van der Waals surface area contributed by atoms with Gasteiger partial charge in [0.2, 0.25) is 5.91 Å². The molecule has 3 aromatic rings. The summed E-state index contributed by atoms with van der Waals surface area (Å²) in [6.07, 6.45) is 0.766. The lowest BCUT2D eigenvalue weighted by Gasteiger charge is -2.37. The monoisotopic (exact) mass is 480 g/mol. The van der Waals surface area contributed by atoms with Crippen LogP contribution in [0, 0.1) is 12.7 Å². The molecule has 0 unspecified atom stereocenters. The number of carbonyl (C=O) groups excluding carboxylic acids is 2. The van der Waals surface area contributed by atoms with E-state index in [1.807, 2.05) is 50.4 Å². The van der Waals surface area contributed by atoms with E-state index in [4.69, 9.17) is 4.74 Å². The second-order valence-corrected chi connectivity index (χ2v) is 9.74. The Balaban J connectivity index is 1.55. The van der Waals surface area contributed by atoms with Crippen LogP contribution in [0.15, 0.2) is 60.0 Å². The maximum Gasteiger partial charge on any atom is 0.257 e. The number of para-hydroxylation sites is 1. The summed E-state index contributed by atoms with van der Waals surface area (Å²) in [5.41, 5.74) is 2.10. The molecule has 0 spiro atoms. The van der Waals surface area contributed by atoms with Crippen molar-refractivity contribution < 1.29 is 18.7 Å². The number of hydrogen-bond donors (Lipinski definition) is 0. The van der Waals surface area contributed by atoms with Crippen LogP contribution in [0.3, 0.4) is 0 Å². The zero-order valence-electron chi connectivity index (χ0n) is 19.7. The van der Waals surface area contributed by atoms with Crippen LogP contribution >= 0.6 is 11.3 Å². The summed E-state index contributed by atoms with van der Waals surface area (Å²) in [6, 6.07) is 15.2. The number of hydrogen-bond acceptors (Lipinski definition) is 4. The highest BCUT2D eigenvalue weighted by molar-refractivity contribution is 7.10. The molecule has 4 rings (SSSR count). The molecule has 0 bridgehead atoms. The van der Waals surface area contributed by atoms with E-state index in [0.717, 1.165) is 23.3 Å². The molecule has 1 aliphatic rings. The first-order valence-electron chi connectivity index (χ1n) is 11.5. The fraction of sp³-hybridized carbons (Fsp3) is 0.333. The molecule has 1 aromatic heterocycles. The number of thiophene rings is 1. The van der Waals surface area contributed by atoms with E-state index < -0.39 is 11.7 Å². The molecule has 2 amide bonds. The molecule has 1 atom stereocenters. The Hall–Kier alpha value is -3.19. The van der Waals surface area contributed by atoms with E-state index in [0.29, 0.717) is 13.2 Å². The van der Waals surface area contributed by atoms with Crippen LogP contribution in [-0.4, -0.2) is 47.4 Å². The van der Waals surface area contributed by atoms with E-state index >= 15 is 0 Å². The van der Waals surface area contributed by atoms with Crippen LogP contribution in [-0.2, 0) is 11.2 Å². The third-order valence-corrected chi connectivity index (χ3v) is 7.20. The molecule has 5 nitrogen and oxygen atoms in total. The Kier molecular flexibility index (Phi) is 7.32. The highest BCUT2D eigenvalue weighted by atomic mass is 32.1. The van der Waals surface area contributed by atoms with Gasteiger partial charge in [0.25, 0.3) is 5.91 Å². The molecule has 0 fully saturated rings. The fourth-order valence-corrected chi connectivity index (χ4v) is 5.20. The summed E-state index contributed by atoms with van der Waals surface area (Å²) < 4.78 is 20.4. The Morgan fingerprint density at radius 2 is 1.88 bits per heavy atom. The van der Waals surface area contributed by atoms with Crippen LogP contribution in [0.4, 0.5) is 4.39 Å². The molecule has 0 radical (unpaired) electrons. The van der Waals surface area contributed by atoms with Gasteiger partial charge in [0.05, 0.1) is 11.6 Å². The lowest BCUT2D eigenvalue weighted by atomic mass is 10.00. The minimum absolute atomic E-state index is 0.0257. The Morgan fingerprint density at radius 1 is 1.15 bits per heavy atom. The zero-order valence-corrected chi connectivity index (χ0v) is 20.5. The Bertz CT molecular complexity index is 1180. The topological polar surface area (TPSA) is 49.9 Å². The second-order valence-electron chi connectivity index (χ2n) is 8.74. The van der Waals surface area contributed by atoms with Gasteiger partial charge in [-0.3, -0.25) is 9.59 Å². The summed E-state index contributed by atoms with van der Waals surface area (Å²) in [6.45, 7) is 6.41. The smallest absolute Gasteiger partial charge is 0.257 e. The molecule has 2 heterocycles. The number of benzene rings is 2. The van der Waals surface area contributed by atoms with Crippen molar-refractivity contribution in [3.8, 4) is 5.75 Å². The van der Waals surface area contributed by atoms with Crippen molar-refractivity contribution in [3.63, 3.8) is 0 Å². The first kappa shape index (κ1) is 24.0. The second kappa shape index (κ2) is 10.4. The molecule has 0 saturated heterocycles. The summed E-state index contributed by atoms with van der Waals surface area (Å²) in [5, 5.41) is 2.04. The molecule has 0 saturated carbocycles. The van der Waals surface area contributed by atoms with E-state index in [-0.39, 0.29) is 30.1 Å². The lowest BCUT2D eigenvalue weighted by molar-refractivity contribution is -0.136. The predicted octanol–water partition coefficient (Wildman–Crippen LogP) is 5.25. The van der Waals surface area contributed by atoms with Gasteiger partial charge in [-0.1, -0.05) is 30.3 Å². The van der Waals surface area contributed by atoms with Crippen molar-refractivity contribution >= 4 is 23.2 Å². The maximum atomic E-state index is 14.3. The van der Waals surface area contributed by atoms with Gasteiger partial charge in [-0.25, -0.2) is 4.39 Å².